The highest BCUT2D eigenvalue weighted by Gasteiger charge is 2.45. The van der Waals surface area contributed by atoms with E-state index in [1.165, 1.54) is 25.7 Å². The minimum atomic E-state index is 0.238. The van der Waals surface area contributed by atoms with Crippen LogP contribution in [0.2, 0.25) is 0 Å². The SMILES string of the molecule is CCC1(C)CCOC2(CC1)CN(C)C2. The van der Waals surface area contributed by atoms with Gasteiger partial charge >= 0.3 is 0 Å². The number of hydrogen-bond acceptors (Lipinski definition) is 2. The van der Waals surface area contributed by atoms with Crippen molar-refractivity contribution in [2.24, 2.45) is 5.41 Å². The third-order valence-corrected chi connectivity index (χ3v) is 4.27. The van der Waals surface area contributed by atoms with Gasteiger partial charge in [0.15, 0.2) is 0 Å². The normalized spacial score (nSPS) is 37.9. The summed E-state index contributed by atoms with van der Waals surface area (Å²) in [7, 11) is 2.18. The highest BCUT2D eigenvalue weighted by atomic mass is 16.5. The lowest BCUT2D eigenvalue weighted by Crippen LogP contribution is -2.61. The van der Waals surface area contributed by atoms with Crippen molar-refractivity contribution in [3.05, 3.63) is 0 Å². The summed E-state index contributed by atoms with van der Waals surface area (Å²) in [5.41, 5.74) is 0.777. The molecule has 14 heavy (non-hydrogen) atoms. The summed E-state index contributed by atoms with van der Waals surface area (Å²) in [5.74, 6) is 0. The van der Waals surface area contributed by atoms with Gasteiger partial charge in [0.1, 0.15) is 0 Å². The Morgan fingerprint density at radius 3 is 2.50 bits per heavy atom. The fourth-order valence-corrected chi connectivity index (χ4v) is 2.78. The molecular weight excluding hydrogens is 174 g/mol. The lowest BCUT2D eigenvalue weighted by Gasteiger charge is -2.47. The molecule has 2 fully saturated rings. The predicted molar refractivity (Wildman–Crippen MR) is 58.4 cm³/mol. The summed E-state index contributed by atoms with van der Waals surface area (Å²) in [4.78, 5) is 2.36. The maximum atomic E-state index is 6.05. The Bertz CT molecular complexity index is 210. The van der Waals surface area contributed by atoms with Crippen molar-refractivity contribution < 1.29 is 4.74 Å². The van der Waals surface area contributed by atoms with E-state index >= 15 is 0 Å². The van der Waals surface area contributed by atoms with Gasteiger partial charge in [-0.05, 0) is 31.7 Å². The largest absolute Gasteiger partial charge is 0.372 e. The first-order valence-corrected chi connectivity index (χ1v) is 5.90. The molecule has 0 aromatic carbocycles. The Morgan fingerprint density at radius 1 is 1.21 bits per heavy atom. The summed E-state index contributed by atoms with van der Waals surface area (Å²) in [6, 6.07) is 0. The number of hydrogen-bond donors (Lipinski definition) is 0. The van der Waals surface area contributed by atoms with Crippen LogP contribution in [0.3, 0.4) is 0 Å². The molecule has 0 bridgehead atoms. The van der Waals surface area contributed by atoms with Crippen molar-refractivity contribution in [3.63, 3.8) is 0 Å². The van der Waals surface area contributed by atoms with E-state index in [4.69, 9.17) is 4.74 Å². The maximum absolute atomic E-state index is 6.05. The van der Waals surface area contributed by atoms with Gasteiger partial charge in [-0.2, -0.15) is 0 Å². The molecule has 2 aliphatic rings. The van der Waals surface area contributed by atoms with E-state index in [1.807, 2.05) is 0 Å². The zero-order valence-corrected chi connectivity index (χ0v) is 9.81. The van der Waals surface area contributed by atoms with Gasteiger partial charge in [0.05, 0.1) is 5.60 Å². The number of likely N-dealkylation sites (N-methyl/N-ethyl adjacent to an activating group) is 1. The van der Waals surface area contributed by atoms with Crippen LogP contribution in [-0.4, -0.2) is 37.2 Å². The first-order chi connectivity index (χ1) is 6.58. The van der Waals surface area contributed by atoms with Crippen LogP contribution in [0.5, 0.6) is 0 Å². The lowest BCUT2D eigenvalue weighted by molar-refractivity contribution is -0.134. The number of ether oxygens (including phenoxy) is 1. The summed E-state index contributed by atoms with van der Waals surface area (Å²) >= 11 is 0. The Kier molecular flexibility index (Phi) is 2.61. The molecule has 1 atom stereocenters. The molecule has 0 aliphatic carbocycles. The molecule has 0 aromatic heterocycles. The third-order valence-electron chi connectivity index (χ3n) is 4.27. The number of nitrogens with zero attached hydrogens (tertiary/aromatic N) is 1. The number of rotatable bonds is 1. The molecule has 0 aromatic rings. The summed E-state index contributed by atoms with van der Waals surface area (Å²) in [6.45, 7) is 7.99. The van der Waals surface area contributed by atoms with Gasteiger partial charge in [0.2, 0.25) is 0 Å². The van der Waals surface area contributed by atoms with Crippen molar-refractivity contribution in [1.82, 2.24) is 4.90 Å². The van der Waals surface area contributed by atoms with Crippen LogP contribution in [0, 0.1) is 5.41 Å². The van der Waals surface area contributed by atoms with Gasteiger partial charge in [-0.15, -0.1) is 0 Å². The Morgan fingerprint density at radius 2 is 1.93 bits per heavy atom. The zero-order valence-electron chi connectivity index (χ0n) is 9.81. The fraction of sp³-hybridized carbons (Fsp3) is 1.00. The molecule has 0 radical (unpaired) electrons. The minimum Gasteiger partial charge on any atom is -0.372 e. The van der Waals surface area contributed by atoms with Gasteiger partial charge in [0.25, 0.3) is 0 Å². The molecule has 0 saturated carbocycles. The standard InChI is InChI=1S/C12H23NO/c1-4-11(2)5-6-12(14-8-7-11)9-13(3)10-12/h4-10H2,1-3H3. The smallest absolute Gasteiger partial charge is 0.0934 e. The van der Waals surface area contributed by atoms with E-state index in [0.717, 1.165) is 19.7 Å². The zero-order chi connectivity index (χ0) is 10.2. The Labute approximate surface area is 87.6 Å². The summed E-state index contributed by atoms with van der Waals surface area (Å²) in [6.07, 6.45) is 5.15. The highest BCUT2D eigenvalue weighted by Crippen LogP contribution is 2.41. The van der Waals surface area contributed by atoms with Crippen molar-refractivity contribution in [1.29, 1.82) is 0 Å². The van der Waals surface area contributed by atoms with Crippen LogP contribution in [0.4, 0.5) is 0 Å². The molecule has 1 spiro atoms. The molecule has 2 rings (SSSR count). The van der Waals surface area contributed by atoms with Crippen LogP contribution in [0.25, 0.3) is 0 Å². The second-order valence-electron chi connectivity index (χ2n) is 5.62. The Balaban J connectivity index is 1.95. The molecule has 2 heterocycles. The van der Waals surface area contributed by atoms with Crippen LogP contribution in [0.15, 0.2) is 0 Å². The molecule has 2 nitrogen and oxygen atoms in total. The van der Waals surface area contributed by atoms with Crippen molar-refractivity contribution >= 4 is 0 Å². The maximum Gasteiger partial charge on any atom is 0.0934 e. The predicted octanol–water partition coefficient (Wildman–Crippen LogP) is 2.29. The van der Waals surface area contributed by atoms with Crippen LogP contribution < -0.4 is 0 Å². The van der Waals surface area contributed by atoms with Crippen LogP contribution in [0.1, 0.15) is 39.5 Å². The molecule has 0 N–H and O–H groups in total. The topological polar surface area (TPSA) is 12.5 Å². The molecule has 0 amide bonds. The van der Waals surface area contributed by atoms with E-state index in [1.54, 1.807) is 0 Å². The first kappa shape index (κ1) is 10.4. The van der Waals surface area contributed by atoms with E-state index in [-0.39, 0.29) is 5.60 Å². The van der Waals surface area contributed by atoms with Crippen LogP contribution in [-0.2, 0) is 4.74 Å². The average Bonchev–Trinajstić information content (AvgIpc) is 2.27. The quantitative estimate of drug-likeness (QED) is 0.639. The van der Waals surface area contributed by atoms with Gasteiger partial charge in [-0.25, -0.2) is 0 Å². The molecule has 1 unspecified atom stereocenters. The molecule has 2 saturated heterocycles. The third kappa shape index (κ3) is 1.82. The van der Waals surface area contributed by atoms with E-state index < -0.39 is 0 Å². The lowest BCUT2D eigenvalue weighted by atomic mass is 9.77. The molecule has 2 heteroatoms. The minimum absolute atomic E-state index is 0.238. The number of likely N-dealkylation sites (tertiary alicyclic amines) is 1. The fourth-order valence-electron chi connectivity index (χ4n) is 2.78. The van der Waals surface area contributed by atoms with Crippen molar-refractivity contribution in [2.75, 3.05) is 26.7 Å². The van der Waals surface area contributed by atoms with Gasteiger partial charge in [0, 0.05) is 19.7 Å². The van der Waals surface area contributed by atoms with E-state index in [9.17, 15) is 0 Å². The molecule has 2 aliphatic heterocycles. The second-order valence-corrected chi connectivity index (χ2v) is 5.62. The highest BCUT2D eigenvalue weighted by molar-refractivity contribution is 4.98. The molecular formula is C12H23NO. The van der Waals surface area contributed by atoms with Crippen molar-refractivity contribution in [3.8, 4) is 0 Å². The first-order valence-electron chi connectivity index (χ1n) is 5.90. The Hall–Kier alpha value is -0.0800. The summed E-state index contributed by atoms with van der Waals surface area (Å²) < 4.78 is 6.05. The van der Waals surface area contributed by atoms with Crippen LogP contribution >= 0.6 is 0 Å². The second kappa shape index (κ2) is 3.49. The summed E-state index contributed by atoms with van der Waals surface area (Å²) in [5, 5.41) is 0. The monoisotopic (exact) mass is 197 g/mol. The van der Waals surface area contributed by atoms with Gasteiger partial charge in [-0.3, -0.25) is 0 Å². The average molecular weight is 197 g/mol. The van der Waals surface area contributed by atoms with E-state index in [2.05, 4.69) is 25.8 Å². The van der Waals surface area contributed by atoms with Gasteiger partial charge in [-0.1, -0.05) is 20.3 Å². The van der Waals surface area contributed by atoms with E-state index in [0.29, 0.717) is 5.41 Å². The molecule has 82 valence electrons. The van der Waals surface area contributed by atoms with Gasteiger partial charge < -0.3 is 9.64 Å². The van der Waals surface area contributed by atoms with Crippen molar-refractivity contribution in [2.45, 2.75) is 45.1 Å².